The Kier molecular flexibility index (Phi) is 3.35. The van der Waals surface area contributed by atoms with Gasteiger partial charge in [-0.05, 0) is 19.1 Å². The highest BCUT2D eigenvalue weighted by molar-refractivity contribution is 5.86. The Morgan fingerprint density at radius 3 is 2.85 bits per heavy atom. The van der Waals surface area contributed by atoms with Crippen LogP contribution in [0.1, 0.15) is 12.5 Å². The topological polar surface area (TPSA) is 66.0 Å². The van der Waals surface area contributed by atoms with Gasteiger partial charge < -0.3 is 10.5 Å². The summed E-state index contributed by atoms with van der Waals surface area (Å²) in [5, 5.41) is 5.17. The number of hydrogen-bond acceptors (Lipinski definition) is 4. The standard InChI is InChI=1S/C15H16N4O/c1-2-19-10-12(9-18-19)20-15-11(7-16)8-17-14-6-4-3-5-13(14)15/h3-6,8-10H,2,7,16H2,1H3. The van der Waals surface area contributed by atoms with Crippen molar-refractivity contribution in [1.29, 1.82) is 0 Å². The molecule has 2 heterocycles. The van der Waals surface area contributed by atoms with E-state index in [4.69, 9.17) is 10.5 Å². The molecule has 0 spiro atoms. The number of pyridine rings is 1. The van der Waals surface area contributed by atoms with E-state index >= 15 is 0 Å². The Balaban J connectivity index is 2.08. The summed E-state index contributed by atoms with van der Waals surface area (Å²) in [4.78, 5) is 4.39. The van der Waals surface area contributed by atoms with Crippen LogP contribution in [0, 0.1) is 0 Å². The number of fused-ring (bicyclic) bond motifs is 1. The minimum Gasteiger partial charge on any atom is -0.453 e. The minimum atomic E-state index is 0.384. The van der Waals surface area contributed by atoms with Crippen molar-refractivity contribution in [1.82, 2.24) is 14.8 Å². The molecule has 0 saturated carbocycles. The Morgan fingerprint density at radius 1 is 1.25 bits per heavy atom. The zero-order chi connectivity index (χ0) is 13.9. The van der Waals surface area contributed by atoms with Crippen molar-refractivity contribution < 1.29 is 4.74 Å². The number of aryl methyl sites for hydroxylation is 1. The fourth-order valence-corrected chi connectivity index (χ4v) is 2.11. The van der Waals surface area contributed by atoms with Gasteiger partial charge in [0.1, 0.15) is 5.75 Å². The molecule has 0 aliphatic heterocycles. The number of ether oxygens (including phenoxy) is 1. The third-order valence-corrected chi connectivity index (χ3v) is 3.17. The lowest BCUT2D eigenvalue weighted by Crippen LogP contribution is -2.01. The van der Waals surface area contributed by atoms with Gasteiger partial charge in [0.15, 0.2) is 5.75 Å². The monoisotopic (exact) mass is 268 g/mol. The van der Waals surface area contributed by atoms with Crippen LogP contribution >= 0.6 is 0 Å². The van der Waals surface area contributed by atoms with Crippen LogP contribution in [0.15, 0.2) is 42.9 Å². The Bertz CT molecular complexity index is 736. The van der Waals surface area contributed by atoms with Gasteiger partial charge in [-0.1, -0.05) is 12.1 Å². The third-order valence-electron chi connectivity index (χ3n) is 3.17. The SMILES string of the molecule is CCn1cc(Oc2c(CN)cnc3ccccc23)cn1. The van der Waals surface area contributed by atoms with Gasteiger partial charge in [-0.25, -0.2) is 0 Å². The lowest BCUT2D eigenvalue weighted by Gasteiger charge is -2.11. The van der Waals surface area contributed by atoms with Crippen molar-refractivity contribution in [3.05, 3.63) is 48.4 Å². The number of nitrogens with two attached hydrogens (primary N) is 1. The van der Waals surface area contributed by atoms with Crippen molar-refractivity contribution in [3.8, 4) is 11.5 Å². The van der Waals surface area contributed by atoms with E-state index in [0.29, 0.717) is 12.3 Å². The second kappa shape index (κ2) is 5.30. The van der Waals surface area contributed by atoms with Gasteiger partial charge in [0, 0.05) is 30.2 Å². The number of para-hydroxylation sites is 1. The van der Waals surface area contributed by atoms with Gasteiger partial charge in [0.2, 0.25) is 0 Å². The zero-order valence-corrected chi connectivity index (χ0v) is 11.3. The summed E-state index contributed by atoms with van der Waals surface area (Å²) in [6.45, 7) is 3.23. The highest BCUT2D eigenvalue weighted by Crippen LogP contribution is 2.32. The summed E-state index contributed by atoms with van der Waals surface area (Å²) in [6.07, 6.45) is 5.34. The number of nitrogens with zero attached hydrogens (tertiary/aromatic N) is 3. The molecule has 3 rings (SSSR count). The van der Waals surface area contributed by atoms with Crippen LogP contribution in [0.3, 0.4) is 0 Å². The van der Waals surface area contributed by atoms with Gasteiger partial charge in [-0.3, -0.25) is 9.67 Å². The zero-order valence-electron chi connectivity index (χ0n) is 11.3. The van der Waals surface area contributed by atoms with Gasteiger partial charge >= 0.3 is 0 Å². The van der Waals surface area contributed by atoms with Crippen LogP contribution in [-0.2, 0) is 13.1 Å². The molecule has 0 atom stereocenters. The predicted molar refractivity (Wildman–Crippen MR) is 77.6 cm³/mol. The van der Waals surface area contributed by atoms with Crippen LogP contribution in [0.2, 0.25) is 0 Å². The molecule has 102 valence electrons. The number of hydrogen-bond donors (Lipinski definition) is 1. The molecule has 0 aliphatic carbocycles. The first-order valence-electron chi connectivity index (χ1n) is 6.58. The van der Waals surface area contributed by atoms with E-state index in [2.05, 4.69) is 10.1 Å². The van der Waals surface area contributed by atoms with E-state index in [1.165, 1.54) is 0 Å². The van der Waals surface area contributed by atoms with Crippen LogP contribution in [0.4, 0.5) is 0 Å². The second-order valence-corrected chi connectivity index (χ2v) is 4.47. The molecule has 1 aromatic carbocycles. The first kappa shape index (κ1) is 12.6. The van der Waals surface area contributed by atoms with Crippen molar-refractivity contribution in [2.45, 2.75) is 20.0 Å². The lowest BCUT2D eigenvalue weighted by atomic mass is 10.1. The summed E-state index contributed by atoms with van der Waals surface area (Å²) in [5.41, 5.74) is 7.56. The summed E-state index contributed by atoms with van der Waals surface area (Å²) in [7, 11) is 0. The third kappa shape index (κ3) is 2.23. The first-order valence-corrected chi connectivity index (χ1v) is 6.58. The fraction of sp³-hybridized carbons (Fsp3) is 0.200. The van der Waals surface area contributed by atoms with Gasteiger partial charge in [-0.15, -0.1) is 0 Å². The Morgan fingerprint density at radius 2 is 2.10 bits per heavy atom. The van der Waals surface area contributed by atoms with E-state index in [0.717, 1.165) is 28.8 Å². The smallest absolute Gasteiger partial charge is 0.165 e. The van der Waals surface area contributed by atoms with Gasteiger partial charge in [0.25, 0.3) is 0 Å². The average molecular weight is 268 g/mol. The molecule has 0 saturated heterocycles. The number of benzene rings is 1. The molecule has 20 heavy (non-hydrogen) atoms. The molecular weight excluding hydrogens is 252 g/mol. The molecular formula is C15H16N4O. The molecule has 0 aliphatic rings. The molecule has 0 amide bonds. The summed E-state index contributed by atoms with van der Waals surface area (Å²) < 4.78 is 7.81. The van der Waals surface area contributed by atoms with E-state index < -0.39 is 0 Å². The average Bonchev–Trinajstić information content (AvgIpc) is 2.95. The van der Waals surface area contributed by atoms with Crippen LogP contribution in [0.25, 0.3) is 10.9 Å². The van der Waals surface area contributed by atoms with E-state index in [9.17, 15) is 0 Å². The Hall–Kier alpha value is -2.40. The van der Waals surface area contributed by atoms with Gasteiger partial charge in [-0.2, -0.15) is 5.10 Å². The Labute approximate surface area is 117 Å². The van der Waals surface area contributed by atoms with Gasteiger partial charge in [0.05, 0.1) is 17.9 Å². The number of aromatic nitrogens is 3. The molecule has 3 aromatic rings. The molecule has 5 nitrogen and oxygen atoms in total. The van der Waals surface area contributed by atoms with Crippen LogP contribution in [0.5, 0.6) is 11.5 Å². The summed E-state index contributed by atoms with van der Waals surface area (Å²) in [5.74, 6) is 1.46. The first-order chi connectivity index (χ1) is 9.81. The van der Waals surface area contributed by atoms with Crippen molar-refractivity contribution in [2.24, 2.45) is 5.73 Å². The number of rotatable bonds is 4. The normalized spacial score (nSPS) is 10.9. The quantitative estimate of drug-likeness (QED) is 0.790. The molecule has 0 fully saturated rings. The molecule has 2 N–H and O–H groups in total. The fourth-order valence-electron chi connectivity index (χ4n) is 2.11. The summed E-state index contributed by atoms with van der Waals surface area (Å²) in [6, 6.07) is 7.86. The summed E-state index contributed by atoms with van der Waals surface area (Å²) >= 11 is 0. The van der Waals surface area contributed by atoms with Crippen molar-refractivity contribution in [2.75, 3.05) is 0 Å². The maximum absolute atomic E-state index is 5.99. The second-order valence-electron chi connectivity index (χ2n) is 4.47. The van der Waals surface area contributed by atoms with Crippen LogP contribution < -0.4 is 10.5 Å². The minimum absolute atomic E-state index is 0.384. The molecule has 5 heteroatoms. The van der Waals surface area contributed by atoms with E-state index in [-0.39, 0.29) is 0 Å². The molecule has 0 bridgehead atoms. The van der Waals surface area contributed by atoms with Crippen molar-refractivity contribution in [3.63, 3.8) is 0 Å². The molecule has 0 unspecified atom stereocenters. The van der Waals surface area contributed by atoms with Crippen LogP contribution in [-0.4, -0.2) is 14.8 Å². The lowest BCUT2D eigenvalue weighted by molar-refractivity contribution is 0.480. The largest absolute Gasteiger partial charge is 0.453 e. The highest BCUT2D eigenvalue weighted by atomic mass is 16.5. The highest BCUT2D eigenvalue weighted by Gasteiger charge is 2.11. The maximum Gasteiger partial charge on any atom is 0.165 e. The van der Waals surface area contributed by atoms with E-state index in [1.807, 2.05) is 42.1 Å². The molecule has 0 radical (unpaired) electrons. The molecule has 2 aromatic heterocycles. The predicted octanol–water partition coefficient (Wildman–Crippen LogP) is 2.70. The van der Waals surface area contributed by atoms with Crippen molar-refractivity contribution >= 4 is 10.9 Å². The maximum atomic E-state index is 5.99. The van der Waals surface area contributed by atoms with E-state index in [1.54, 1.807) is 12.4 Å².